The van der Waals surface area contributed by atoms with E-state index in [1.54, 1.807) is 0 Å². The van der Waals surface area contributed by atoms with Gasteiger partial charge in [0.05, 0.1) is 22.0 Å². The molecule has 0 bridgehead atoms. The van der Waals surface area contributed by atoms with E-state index in [1.807, 2.05) is 0 Å². The summed E-state index contributed by atoms with van der Waals surface area (Å²) in [6.45, 7) is 8.36. The summed E-state index contributed by atoms with van der Waals surface area (Å²) in [4.78, 5) is 0. The Balaban J connectivity index is 0.000000144. The van der Waals surface area contributed by atoms with Gasteiger partial charge in [0.25, 0.3) is 0 Å². The molecule has 0 N–H and O–H groups in total. The molecule has 145 heavy (non-hydrogen) atoms. The fourth-order valence-electron chi connectivity index (χ4n) is 22.0. The Morgan fingerprint density at radius 2 is 0.359 bits per heavy atom. The molecular weight excluding hydrogens is 1880 g/mol. The summed E-state index contributed by atoms with van der Waals surface area (Å²) < 4.78 is 14.8. The van der Waals surface area contributed by atoms with Crippen LogP contribution in [-0.4, -0.2) is 18.3 Å². The van der Waals surface area contributed by atoms with Crippen molar-refractivity contribution in [3.05, 3.63) is 605 Å². The van der Waals surface area contributed by atoms with Gasteiger partial charge < -0.3 is 9.31 Å². The fourth-order valence-corrected chi connectivity index (χ4v) is 22.8. The predicted molar refractivity (Wildman–Crippen MR) is 616 cm³/mol. The lowest BCUT2D eigenvalue weighted by molar-refractivity contribution is 0.00578. The molecule has 2 aliphatic carbocycles. The molecule has 0 atom stereocenters. The van der Waals surface area contributed by atoms with E-state index in [9.17, 15) is 0 Å². The Hall–Kier alpha value is -16.2. The van der Waals surface area contributed by atoms with E-state index in [-0.39, 0.29) is 18.3 Å². The molecule has 0 radical (unpaired) electrons. The zero-order valence-electron chi connectivity index (χ0n) is 81.2. The molecule has 1 aliphatic heterocycles. The van der Waals surface area contributed by atoms with Crippen molar-refractivity contribution in [2.45, 2.75) is 49.7 Å². The first kappa shape index (κ1) is 92.5. The van der Waals surface area contributed by atoms with Crippen molar-refractivity contribution < 1.29 is 9.31 Å². The average Bonchev–Trinajstić information content (AvgIpc) is 1.54. The summed E-state index contributed by atoms with van der Waals surface area (Å²) in [6.07, 6.45) is 0. The molecule has 1 saturated heterocycles. The quantitative estimate of drug-likeness (QED) is 0.0797. The predicted octanol–water partition coefficient (Wildman–Crippen LogP) is 37.3. The summed E-state index contributed by atoms with van der Waals surface area (Å²) in [5.41, 5.74) is 45.6. The van der Waals surface area contributed by atoms with Crippen LogP contribution in [0.15, 0.2) is 561 Å². The third-order valence-electron chi connectivity index (χ3n) is 29.7. The second-order valence-corrected chi connectivity index (χ2v) is 40.8. The first-order valence-electron chi connectivity index (χ1n) is 49.9. The lowest BCUT2D eigenvalue weighted by Gasteiger charge is -2.34. The third-order valence-corrected chi connectivity index (χ3v) is 30.6. The molecule has 0 saturated carbocycles. The summed E-state index contributed by atoms with van der Waals surface area (Å²) in [5.74, 6) is 0. The van der Waals surface area contributed by atoms with Crippen molar-refractivity contribution in [1.29, 1.82) is 0 Å². The molecule has 2 nitrogen and oxygen atoms in total. The largest absolute Gasteiger partial charge is 0.494 e. The van der Waals surface area contributed by atoms with Crippen LogP contribution in [0.3, 0.4) is 0 Å². The molecule has 692 valence electrons. The molecule has 0 spiro atoms. The Bertz CT molecular complexity index is 8050. The SMILES string of the molecule is Brc1cccc(C2(c3cccc(Br)c3)c3ccccc3-c3c(-c4ccccc4)cccc32)c1.CC1(C)OB(c2cccc(-c3cc(-c4ccccc4)cc(-c4ccccc4)c3)c2)OC1(C)C.c1ccc(-c2cc(-c3ccccc3)cc(-c3cccc(-c4cccc(C5(c6cccc(-c7cccc(-c8cc(-c9ccccc9)cc(-c9ccccc9)c8)c7)c6)c6ccccc6-c6c(-c7ccccc7)cccc65)c4)c3)c2)cc1. The molecule has 22 aromatic rings. The van der Waals surface area contributed by atoms with Crippen molar-refractivity contribution in [3.8, 4) is 167 Å². The summed E-state index contributed by atoms with van der Waals surface area (Å²) in [5, 5.41) is 0. The minimum atomic E-state index is -0.666. The van der Waals surface area contributed by atoms with Gasteiger partial charge in [-0.25, -0.2) is 0 Å². The smallest absolute Gasteiger partial charge is 0.399 e. The van der Waals surface area contributed by atoms with Gasteiger partial charge in [-0.3, -0.25) is 0 Å². The monoisotopic (exact) mass is 1980 g/mol. The number of halogens is 2. The topological polar surface area (TPSA) is 18.5 Å². The molecule has 3 aliphatic rings. The highest BCUT2D eigenvalue weighted by molar-refractivity contribution is 9.10. The molecule has 5 heteroatoms. The first-order valence-corrected chi connectivity index (χ1v) is 51.5. The standard InChI is InChI=1S/C79H54.C31H20Br2.C30H29BO2/c1-6-23-55(24-7-1)66-47-67(56-25-8-2-9-26-56)50-70(49-66)62-35-18-33-60(45-62)64-37-20-39-72(53-64)79(76-43-17-16-41-75(76)78-74(42-22-44-77(78)79)59-31-14-5-15-32-59)73-40-21-38-65(54-73)61-34-19-36-63(46-61)71-51-68(57-27-10-3-11-28-57)48-69(52-71)58-29-12-4-13-30-58;32-24-13-6-11-22(19-24)31(23-12-7-14-25(33)20-23)28-17-5-4-15-27(28)30-26(16-8-18-29(30)31)21-9-2-1-3-10-21;1-29(2)30(3,4)33-31(32-29)28-17-11-16-24(21-28)27-19-25(22-12-7-5-8-13-22)18-26(20-27)23-14-9-6-10-15-23/h1-54H;1-20H;5-21H,1-4H3. The second kappa shape index (κ2) is 39.9. The van der Waals surface area contributed by atoms with Crippen LogP contribution in [-0.2, 0) is 20.1 Å². The van der Waals surface area contributed by atoms with Gasteiger partial charge in [0.15, 0.2) is 0 Å². The minimum Gasteiger partial charge on any atom is -0.399 e. The van der Waals surface area contributed by atoms with Crippen LogP contribution in [0.2, 0.25) is 0 Å². The van der Waals surface area contributed by atoms with Crippen LogP contribution >= 0.6 is 31.9 Å². The van der Waals surface area contributed by atoms with Gasteiger partial charge in [-0.05, 0) is 348 Å². The molecule has 25 rings (SSSR count). The molecular formula is C140H103BBr2O2. The van der Waals surface area contributed by atoms with E-state index in [4.69, 9.17) is 9.31 Å². The molecule has 1 fully saturated rings. The van der Waals surface area contributed by atoms with E-state index < -0.39 is 10.8 Å². The van der Waals surface area contributed by atoms with Crippen molar-refractivity contribution in [2.24, 2.45) is 0 Å². The maximum Gasteiger partial charge on any atom is 0.494 e. The Labute approximate surface area is 868 Å². The van der Waals surface area contributed by atoms with Gasteiger partial charge in [-0.15, -0.1) is 0 Å². The maximum absolute atomic E-state index is 6.30. The Morgan fingerprint density at radius 3 is 0.662 bits per heavy atom. The van der Waals surface area contributed by atoms with Gasteiger partial charge in [0.2, 0.25) is 0 Å². The number of hydrogen-bond donors (Lipinski definition) is 0. The highest BCUT2D eigenvalue weighted by Crippen LogP contribution is 2.62. The molecule has 1 heterocycles. The first-order chi connectivity index (χ1) is 71.1. The number of benzene rings is 22. The molecule has 22 aromatic carbocycles. The van der Waals surface area contributed by atoms with Gasteiger partial charge in [0, 0.05) is 8.95 Å². The summed E-state index contributed by atoms with van der Waals surface area (Å²) >= 11 is 7.48. The van der Waals surface area contributed by atoms with Crippen molar-refractivity contribution in [2.75, 3.05) is 0 Å². The van der Waals surface area contributed by atoms with Gasteiger partial charge in [-0.2, -0.15) is 0 Å². The second-order valence-electron chi connectivity index (χ2n) is 38.9. The lowest BCUT2D eigenvalue weighted by Crippen LogP contribution is -2.41. The molecule has 0 aromatic heterocycles. The van der Waals surface area contributed by atoms with Crippen molar-refractivity contribution in [1.82, 2.24) is 0 Å². The Morgan fingerprint density at radius 1 is 0.159 bits per heavy atom. The van der Waals surface area contributed by atoms with Crippen molar-refractivity contribution >= 4 is 44.4 Å². The highest BCUT2D eigenvalue weighted by atomic mass is 79.9. The van der Waals surface area contributed by atoms with Crippen molar-refractivity contribution in [3.63, 3.8) is 0 Å². The van der Waals surface area contributed by atoms with Gasteiger partial charge in [0.1, 0.15) is 0 Å². The third kappa shape index (κ3) is 18.0. The number of fused-ring (bicyclic) bond motifs is 6. The zero-order chi connectivity index (χ0) is 98.0. The van der Waals surface area contributed by atoms with E-state index in [0.717, 1.165) is 20.0 Å². The lowest BCUT2D eigenvalue weighted by atomic mass is 9.67. The van der Waals surface area contributed by atoms with Crippen LogP contribution in [0.25, 0.3) is 167 Å². The van der Waals surface area contributed by atoms with Gasteiger partial charge >= 0.3 is 7.12 Å². The normalized spacial score (nSPS) is 13.5. The van der Waals surface area contributed by atoms with Crippen LogP contribution < -0.4 is 5.46 Å². The van der Waals surface area contributed by atoms with E-state index in [1.165, 1.54) is 206 Å². The molecule has 0 amide bonds. The number of rotatable bonds is 18. The van der Waals surface area contributed by atoms with Crippen LogP contribution in [0.5, 0.6) is 0 Å². The van der Waals surface area contributed by atoms with E-state index >= 15 is 0 Å². The minimum absolute atomic E-state index is 0.360. The number of hydrogen-bond acceptors (Lipinski definition) is 2. The highest BCUT2D eigenvalue weighted by Gasteiger charge is 2.53. The Kier molecular flexibility index (Phi) is 25.5. The molecule has 0 unspecified atom stereocenters. The van der Waals surface area contributed by atoms with Crippen LogP contribution in [0, 0.1) is 0 Å². The summed E-state index contributed by atoms with van der Waals surface area (Å²) in [6, 6.07) is 201. The van der Waals surface area contributed by atoms with Gasteiger partial charge in [-0.1, -0.05) is 481 Å². The summed E-state index contributed by atoms with van der Waals surface area (Å²) in [7, 11) is -0.374. The van der Waals surface area contributed by atoms with E-state index in [2.05, 4.69) is 612 Å². The fraction of sp³-hybridized carbons (Fsp3) is 0.0571. The van der Waals surface area contributed by atoms with Crippen LogP contribution in [0.4, 0.5) is 0 Å². The van der Waals surface area contributed by atoms with Crippen LogP contribution in [0.1, 0.15) is 72.2 Å². The average molecular weight is 1990 g/mol. The zero-order valence-corrected chi connectivity index (χ0v) is 84.4. The maximum atomic E-state index is 6.30. The van der Waals surface area contributed by atoms with E-state index in [0.29, 0.717) is 0 Å².